The highest BCUT2D eigenvalue weighted by Crippen LogP contribution is 2.43. The van der Waals surface area contributed by atoms with Crippen LogP contribution in [-0.4, -0.2) is 0 Å². The largest absolute Gasteiger partial charge is 0.271 e. The van der Waals surface area contributed by atoms with Gasteiger partial charge in [-0.2, -0.15) is 0 Å². The zero-order valence-electron chi connectivity index (χ0n) is 10.2. The molecule has 2 aromatic rings. The Bertz CT molecular complexity index is 613. The highest BCUT2D eigenvalue weighted by atomic mass is 19.2. The number of nitrogens with one attached hydrogen (secondary N) is 1. The third-order valence-corrected chi connectivity index (χ3v) is 3.79. The van der Waals surface area contributed by atoms with Gasteiger partial charge < -0.3 is 0 Å². The second-order valence-corrected chi connectivity index (χ2v) is 4.80. The van der Waals surface area contributed by atoms with Gasteiger partial charge in [0.2, 0.25) is 0 Å². The molecule has 0 saturated carbocycles. The molecule has 2 aromatic carbocycles. The first-order chi connectivity index (χ1) is 9.22. The van der Waals surface area contributed by atoms with Crippen molar-refractivity contribution in [2.75, 3.05) is 0 Å². The molecule has 19 heavy (non-hydrogen) atoms. The summed E-state index contributed by atoms with van der Waals surface area (Å²) in [7, 11) is 0. The summed E-state index contributed by atoms with van der Waals surface area (Å²) in [5.74, 6) is 3.97. The van der Waals surface area contributed by atoms with Gasteiger partial charge in [-0.15, -0.1) is 0 Å². The molecule has 2 atom stereocenters. The molecule has 0 saturated heterocycles. The van der Waals surface area contributed by atoms with Crippen molar-refractivity contribution in [2.24, 2.45) is 5.84 Å². The van der Waals surface area contributed by atoms with E-state index in [1.807, 2.05) is 24.3 Å². The van der Waals surface area contributed by atoms with E-state index in [4.69, 9.17) is 5.84 Å². The molecule has 0 heterocycles. The summed E-state index contributed by atoms with van der Waals surface area (Å²) in [6.07, 6.45) is 0.820. The van der Waals surface area contributed by atoms with Crippen molar-refractivity contribution in [2.45, 2.75) is 18.4 Å². The molecule has 0 spiro atoms. The summed E-state index contributed by atoms with van der Waals surface area (Å²) < 4.78 is 27.2. The average Bonchev–Trinajstić information content (AvgIpc) is 2.40. The zero-order valence-corrected chi connectivity index (χ0v) is 10.2. The third-order valence-electron chi connectivity index (χ3n) is 3.79. The predicted octanol–water partition coefficient (Wildman–Crippen LogP) is 2.81. The van der Waals surface area contributed by atoms with Crippen LogP contribution in [0.2, 0.25) is 0 Å². The van der Waals surface area contributed by atoms with Crippen LogP contribution in [0.15, 0.2) is 42.5 Å². The number of hydrogen-bond donors (Lipinski definition) is 2. The van der Waals surface area contributed by atoms with Gasteiger partial charge in [-0.3, -0.25) is 11.3 Å². The van der Waals surface area contributed by atoms with E-state index in [0.717, 1.165) is 18.1 Å². The quantitative estimate of drug-likeness (QED) is 0.658. The van der Waals surface area contributed by atoms with Gasteiger partial charge in [0.15, 0.2) is 11.6 Å². The summed E-state index contributed by atoms with van der Waals surface area (Å²) in [6.45, 7) is 0. The first-order valence-electron chi connectivity index (χ1n) is 6.20. The minimum Gasteiger partial charge on any atom is -0.271 e. The minimum absolute atomic E-state index is 0.0810. The fourth-order valence-corrected chi connectivity index (χ4v) is 2.78. The van der Waals surface area contributed by atoms with Crippen LogP contribution in [0.1, 0.15) is 28.7 Å². The Labute approximate surface area is 110 Å². The van der Waals surface area contributed by atoms with Gasteiger partial charge >= 0.3 is 0 Å². The summed E-state index contributed by atoms with van der Waals surface area (Å²) >= 11 is 0. The lowest BCUT2D eigenvalue weighted by atomic mass is 9.72. The number of halogens is 2. The zero-order chi connectivity index (χ0) is 13.4. The summed E-state index contributed by atoms with van der Waals surface area (Å²) in [4.78, 5) is 0. The van der Waals surface area contributed by atoms with Gasteiger partial charge in [0.1, 0.15) is 0 Å². The number of hydrogen-bond acceptors (Lipinski definition) is 2. The lowest BCUT2D eigenvalue weighted by molar-refractivity contribution is 0.394. The Morgan fingerprint density at radius 1 is 1.11 bits per heavy atom. The monoisotopic (exact) mass is 260 g/mol. The molecule has 98 valence electrons. The van der Waals surface area contributed by atoms with Crippen LogP contribution in [0.25, 0.3) is 0 Å². The van der Waals surface area contributed by atoms with Gasteiger partial charge in [0.25, 0.3) is 0 Å². The molecule has 2 unspecified atom stereocenters. The molecule has 4 heteroatoms. The standard InChI is InChI=1S/C15H14F2N2/c16-13-7-3-6-11(14(13)17)15(19-18)12-8-9-4-1-2-5-10(9)12/h1-7,12,15,19H,8,18H2. The molecule has 0 bridgehead atoms. The fourth-order valence-electron chi connectivity index (χ4n) is 2.78. The summed E-state index contributed by atoms with van der Waals surface area (Å²) in [6, 6.07) is 11.7. The topological polar surface area (TPSA) is 38.0 Å². The van der Waals surface area contributed by atoms with E-state index in [1.54, 1.807) is 6.07 Å². The highest BCUT2D eigenvalue weighted by molar-refractivity contribution is 5.43. The smallest absolute Gasteiger partial charge is 0.163 e. The Morgan fingerprint density at radius 2 is 1.89 bits per heavy atom. The number of benzene rings is 2. The van der Waals surface area contributed by atoms with Crippen molar-refractivity contribution in [3.05, 3.63) is 70.8 Å². The molecule has 0 fully saturated rings. The van der Waals surface area contributed by atoms with Crippen LogP contribution in [-0.2, 0) is 6.42 Å². The number of fused-ring (bicyclic) bond motifs is 1. The average molecular weight is 260 g/mol. The molecule has 1 aliphatic rings. The van der Waals surface area contributed by atoms with Gasteiger partial charge in [-0.05, 0) is 23.6 Å². The molecule has 3 N–H and O–H groups in total. The van der Waals surface area contributed by atoms with Crippen molar-refractivity contribution in [1.82, 2.24) is 5.43 Å². The predicted molar refractivity (Wildman–Crippen MR) is 69.3 cm³/mol. The Morgan fingerprint density at radius 3 is 2.63 bits per heavy atom. The molecular formula is C15H14F2N2. The number of nitrogens with two attached hydrogens (primary N) is 1. The fraction of sp³-hybridized carbons (Fsp3) is 0.200. The summed E-state index contributed by atoms with van der Waals surface area (Å²) in [5.41, 5.74) is 5.29. The van der Waals surface area contributed by atoms with Crippen LogP contribution >= 0.6 is 0 Å². The number of rotatable bonds is 3. The lowest BCUT2D eigenvalue weighted by Gasteiger charge is -2.36. The molecule has 0 amide bonds. The van der Waals surface area contributed by atoms with E-state index in [9.17, 15) is 8.78 Å². The molecule has 0 aromatic heterocycles. The van der Waals surface area contributed by atoms with Gasteiger partial charge in [0.05, 0.1) is 6.04 Å². The highest BCUT2D eigenvalue weighted by Gasteiger charge is 2.34. The van der Waals surface area contributed by atoms with Gasteiger partial charge in [-0.1, -0.05) is 36.4 Å². The number of hydrazine groups is 1. The van der Waals surface area contributed by atoms with Crippen LogP contribution in [0.5, 0.6) is 0 Å². The van der Waals surface area contributed by atoms with E-state index in [1.165, 1.54) is 11.6 Å². The maximum absolute atomic E-state index is 13.9. The maximum Gasteiger partial charge on any atom is 0.163 e. The van der Waals surface area contributed by atoms with E-state index in [-0.39, 0.29) is 11.5 Å². The van der Waals surface area contributed by atoms with Crippen LogP contribution in [0.3, 0.4) is 0 Å². The third kappa shape index (κ3) is 1.93. The molecule has 1 aliphatic carbocycles. The lowest BCUT2D eigenvalue weighted by Crippen LogP contribution is -2.37. The minimum atomic E-state index is -0.842. The molecule has 0 aliphatic heterocycles. The maximum atomic E-state index is 13.9. The molecule has 0 radical (unpaired) electrons. The Kier molecular flexibility index (Phi) is 3.05. The van der Waals surface area contributed by atoms with Crippen molar-refractivity contribution in [1.29, 1.82) is 0 Å². The molecule has 2 nitrogen and oxygen atoms in total. The van der Waals surface area contributed by atoms with Crippen molar-refractivity contribution in [3.63, 3.8) is 0 Å². The van der Waals surface area contributed by atoms with Crippen LogP contribution in [0, 0.1) is 11.6 Å². The normalized spacial score (nSPS) is 18.6. The van der Waals surface area contributed by atoms with E-state index < -0.39 is 17.7 Å². The van der Waals surface area contributed by atoms with Crippen LogP contribution < -0.4 is 11.3 Å². The second-order valence-electron chi connectivity index (χ2n) is 4.80. The Balaban J connectivity index is 1.97. The first kappa shape index (κ1) is 12.3. The first-order valence-corrected chi connectivity index (χ1v) is 6.20. The van der Waals surface area contributed by atoms with Crippen molar-refractivity contribution in [3.8, 4) is 0 Å². The Hall–Kier alpha value is -1.78. The molecule has 3 rings (SSSR count). The van der Waals surface area contributed by atoms with E-state index in [0.29, 0.717) is 0 Å². The van der Waals surface area contributed by atoms with Gasteiger partial charge in [-0.25, -0.2) is 8.78 Å². The molecular weight excluding hydrogens is 246 g/mol. The van der Waals surface area contributed by atoms with E-state index >= 15 is 0 Å². The second kappa shape index (κ2) is 4.72. The summed E-state index contributed by atoms with van der Waals surface area (Å²) in [5, 5.41) is 0. The van der Waals surface area contributed by atoms with Crippen molar-refractivity contribution >= 4 is 0 Å². The van der Waals surface area contributed by atoms with E-state index in [2.05, 4.69) is 5.43 Å². The SMILES string of the molecule is NNC(c1cccc(F)c1F)C1Cc2ccccc21. The van der Waals surface area contributed by atoms with Crippen molar-refractivity contribution < 1.29 is 8.78 Å². The van der Waals surface area contributed by atoms with Crippen LogP contribution in [0.4, 0.5) is 8.78 Å². The van der Waals surface area contributed by atoms with Gasteiger partial charge in [0, 0.05) is 11.5 Å².